The molecule has 0 unspecified atom stereocenters. The number of cyclic esters (lactones) is 2. The molecule has 6 nitrogen and oxygen atoms in total. The highest BCUT2D eigenvalue weighted by atomic mass is 79.9. The van der Waals surface area contributed by atoms with Crippen LogP contribution < -0.4 is 10.1 Å². The molecule has 0 atom stereocenters. The predicted molar refractivity (Wildman–Crippen MR) is 78.7 cm³/mol. The summed E-state index contributed by atoms with van der Waals surface area (Å²) in [5.74, 6) is -3.01. The first-order chi connectivity index (χ1) is 10.7. The van der Waals surface area contributed by atoms with E-state index in [4.69, 9.17) is 9.47 Å². The van der Waals surface area contributed by atoms with Gasteiger partial charge in [-0.3, -0.25) is 0 Å². The fourth-order valence-corrected chi connectivity index (χ4v) is 2.19. The summed E-state index contributed by atoms with van der Waals surface area (Å²) in [4.78, 5) is 23.5. The Balaban J connectivity index is 2.14. The van der Waals surface area contributed by atoms with Gasteiger partial charge in [0.2, 0.25) is 0 Å². The van der Waals surface area contributed by atoms with Gasteiger partial charge in [-0.1, -0.05) is 0 Å². The number of nitrogens with one attached hydrogen (secondary N) is 1. The molecule has 0 spiro atoms. The van der Waals surface area contributed by atoms with Gasteiger partial charge >= 0.3 is 18.6 Å². The van der Waals surface area contributed by atoms with Crippen LogP contribution in [0.5, 0.6) is 5.75 Å². The van der Waals surface area contributed by atoms with E-state index in [2.05, 4.69) is 26.0 Å². The summed E-state index contributed by atoms with van der Waals surface area (Å²) in [6, 6.07) is 4.05. The Morgan fingerprint density at radius 2 is 1.87 bits per heavy atom. The van der Waals surface area contributed by atoms with Crippen LogP contribution >= 0.6 is 15.9 Å². The van der Waals surface area contributed by atoms with Crippen molar-refractivity contribution in [3.05, 3.63) is 34.4 Å². The van der Waals surface area contributed by atoms with Gasteiger partial charge in [0.25, 0.3) is 5.79 Å². The van der Waals surface area contributed by atoms with Gasteiger partial charge in [0.05, 0.1) is 5.69 Å². The average molecular weight is 392 g/mol. The van der Waals surface area contributed by atoms with Crippen LogP contribution in [0.1, 0.15) is 13.8 Å². The van der Waals surface area contributed by atoms with Crippen molar-refractivity contribution in [3.8, 4) is 5.75 Å². The zero-order chi connectivity index (χ0) is 17.2. The molecule has 0 amide bonds. The van der Waals surface area contributed by atoms with E-state index in [9.17, 15) is 18.4 Å². The molecule has 1 heterocycles. The fourth-order valence-electron chi connectivity index (χ4n) is 1.72. The molecule has 0 saturated carbocycles. The topological polar surface area (TPSA) is 73.9 Å². The van der Waals surface area contributed by atoms with Gasteiger partial charge in [0.1, 0.15) is 5.75 Å². The first-order valence-electron chi connectivity index (χ1n) is 6.36. The molecule has 9 heteroatoms. The quantitative estimate of drug-likeness (QED) is 0.482. The Bertz CT molecular complexity index is 653. The molecular formula is C14H12BrF2NO5. The Kier molecular flexibility index (Phi) is 4.88. The van der Waals surface area contributed by atoms with E-state index in [-0.39, 0.29) is 11.3 Å². The average Bonchev–Trinajstić information content (AvgIpc) is 2.37. The maximum absolute atomic E-state index is 12.1. The Morgan fingerprint density at radius 3 is 2.39 bits per heavy atom. The normalized spacial score (nSPS) is 16.7. The van der Waals surface area contributed by atoms with Gasteiger partial charge in [-0.25, -0.2) is 9.59 Å². The van der Waals surface area contributed by atoms with Crippen molar-refractivity contribution in [2.24, 2.45) is 0 Å². The van der Waals surface area contributed by atoms with E-state index in [0.29, 0.717) is 10.2 Å². The molecule has 0 radical (unpaired) electrons. The Morgan fingerprint density at radius 1 is 1.26 bits per heavy atom. The van der Waals surface area contributed by atoms with E-state index < -0.39 is 24.3 Å². The Labute approximate surface area is 138 Å². The van der Waals surface area contributed by atoms with Crippen molar-refractivity contribution in [2.45, 2.75) is 26.2 Å². The minimum Gasteiger partial charge on any atom is -0.435 e. The number of anilines is 1. The lowest BCUT2D eigenvalue weighted by Gasteiger charge is -2.29. The van der Waals surface area contributed by atoms with Gasteiger partial charge in [-0.15, -0.1) is 0 Å². The monoisotopic (exact) mass is 391 g/mol. The number of ether oxygens (including phenoxy) is 3. The summed E-state index contributed by atoms with van der Waals surface area (Å²) in [7, 11) is 0. The molecule has 1 saturated heterocycles. The molecule has 1 aromatic rings. The maximum atomic E-state index is 12.1. The highest BCUT2D eigenvalue weighted by Crippen LogP contribution is 2.29. The number of rotatable bonds is 4. The van der Waals surface area contributed by atoms with E-state index in [0.717, 1.165) is 6.20 Å². The highest BCUT2D eigenvalue weighted by molar-refractivity contribution is 9.10. The summed E-state index contributed by atoms with van der Waals surface area (Å²) in [5, 5.41) is 2.70. The largest absolute Gasteiger partial charge is 0.435 e. The first-order valence-corrected chi connectivity index (χ1v) is 7.15. The molecule has 23 heavy (non-hydrogen) atoms. The molecule has 0 aromatic heterocycles. The van der Waals surface area contributed by atoms with Crippen LogP contribution in [0.25, 0.3) is 0 Å². The summed E-state index contributed by atoms with van der Waals surface area (Å²) in [6.45, 7) is -0.0608. The number of hydrogen-bond donors (Lipinski definition) is 1. The molecule has 1 aliphatic heterocycles. The molecule has 1 fully saturated rings. The summed E-state index contributed by atoms with van der Waals surface area (Å²) >= 11 is 3.16. The second kappa shape index (κ2) is 6.53. The molecule has 1 aliphatic rings. The Hall–Kier alpha value is -2.16. The summed E-state index contributed by atoms with van der Waals surface area (Å²) in [5.41, 5.74) is 0.105. The molecule has 0 bridgehead atoms. The van der Waals surface area contributed by atoms with Crippen molar-refractivity contribution in [3.63, 3.8) is 0 Å². The van der Waals surface area contributed by atoms with Crippen LogP contribution in [0.15, 0.2) is 34.4 Å². The first kappa shape index (κ1) is 17.2. The van der Waals surface area contributed by atoms with Crippen molar-refractivity contribution >= 4 is 33.6 Å². The smallest absolute Gasteiger partial charge is 0.387 e. The second-order valence-electron chi connectivity index (χ2n) is 4.90. The van der Waals surface area contributed by atoms with Gasteiger partial charge in [0, 0.05) is 24.5 Å². The standard InChI is InChI=1S/C14H12BrF2NO5/c1-14(2)22-11(19)8(12(20)23-14)6-18-10-4-3-7(5-9(10)15)21-13(16)17/h3-6,13,18H,1-2H3. The van der Waals surface area contributed by atoms with Gasteiger partial charge in [-0.05, 0) is 34.1 Å². The van der Waals surface area contributed by atoms with Crippen LogP contribution in [0.4, 0.5) is 14.5 Å². The summed E-state index contributed by atoms with van der Waals surface area (Å²) < 4.78 is 38.8. The minimum atomic E-state index is -2.93. The molecule has 0 aliphatic carbocycles. The molecular weight excluding hydrogens is 380 g/mol. The maximum Gasteiger partial charge on any atom is 0.387 e. The van der Waals surface area contributed by atoms with E-state index in [1.807, 2.05) is 0 Å². The van der Waals surface area contributed by atoms with Gasteiger partial charge in [0.15, 0.2) is 5.57 Å². The highest BCUT2D eigenvalue weighted by Gasteiger charge is 2.38. The molecule has 1 aromatic carbocycles. The zero-order valence-corrected chi connectivity index (χ0v) is 13.6. The van der Waals surface area contributed by atoms with Crippen LogP contribution in [-0.4, -0.2) is 24.3 Å². The van der Waals surface area contributed by atoms with Gasteiger partial charge in [-0.2, -0.15) is 8.78 Å². The van der Waals surface area contributed by atoms with Gasteiger partial charge < -0.3 is 19.5 Å². The third-order valence-corrected chi connectivity index (χ3v) is 3.31. The van der Waals surface area contributed by atoms with E-state index >= 15 is 0 Å². The fraction of sp³-hybridized carbons (Fsp3) is 0.286. The van der Waals surface area contributed by atoms with E-state index in [1.54, 1.807) is 0 Å². The van der Waals surface area contributed by atoms with Crippen LogP contribution in [-0.2, 0) is 19.1 Å². The third-order valence-electron chi connectivity index (χ3n) is 2.65. The number of benzene rings is 1. The van der Waals surface area contributed by atoms with E-state index in [1.165, 1.54) is 32.0 Å². The number of hydrogen-bond acceptors (Lipinski definition) is 6. The van der Waals surface area contributed by atoms with Crippen LogP contribution in [0, 0.1) is 0 Å². The second-order valence-corrected chi connectivity index (χ2v) is 5.76. The SMILES string of the molecule is CC1(C)OC(=O)C(=CNc2ccc(OC(F)F)cc2Br)C(=O)O1. The lowest BCUT2D eigenvalue weighted by atomic mass is 10.2. The van der Waals surface area contributed by atoms with Crippen molar-refractivity contribution in [1.29, 1.82) is 0 Å². The lowest BCUT2D eigenvalue weighted by Crippen LogP contribution is -2.42. The number of esters is 2. The molecule has 2 rings (SSSR count). The number of carbonyl (C=O) groups excluding carboxylic acids is 2. The number of carbonyl (C=O) groups is 2. The van der Waals surface area contributed by atoms with Crippen LogP contribution in [0.2, 0.25) is 0 Å². The lowest BCUT2D eigenvalue weighted by molar-refractivity contribution is -0.222. The minimum absolute atomic E-state index is 0.0386. The third kappa shape index (κ3) is 4.41. The molecule has 1 N–H and O–H groups in total. The van der Waals surface area contributed by atoms with Crippen molar-refractivity contribution in [2.75, 3.05) is 5.32 Å². The predicted octanol–water partition coefficient (Wildman–Crippen LogP) is 3.18. The van der Waals surface area contributed by atoms with Crippen LogP contribution in [0.3, 0.4) is 0 Å². The van der Waals surface area contributed by atoms with Crippen molar-refractivity contribution < 1.29 is 32.6 Å². The zero-order valence-electron chi connectivity index (χ0n) is 12.1. The summed E-state index contributed by atoms with van der Waals surface area (Å²) in [6.07, 6.45) is 1.12. The van der Waals surface area contributed by atoms with Crippen molar-refractivity contribution in [1.82, 2.24) is 0 Å². The molecule has 124 valence electrons. The number of halogens is 3. The number of alkyl halides is 2.